The first kappa shape index (κ1) is 18.9. The second-order valence-electron chi connectivity index (χ2n) is 5.48. The summed E-state index contributed by atoms with van der Waals surface area (Å²) in [4.78, 5) is 23.2. The van der Waals surface area contributed by atoms with Crippen LogP contribution in [0.2, 0.25) is 10.0 Å². The fourth-order valence-corrected chi connectivity index (χ4v) is 2.76. The molecule has 0 atom stereocenters. The lowest BCUT2D eigenvalue weighted by atomic mass is 10.2. The van der Waals surface area contributed by atoms with Crippen molar-refractivity contribution in [2.24, 2.45) is 0 Å². The SMILES string of the molecule is O=C(O)Cn1nccc1C(=O)Nc1nn(Cc2ccc(F)cc2Cl)cc1Cl. The third-order valence-electron chi connectivity index (χ3n) is 3.53. The summed E-state index contributed by atoms with van der Waals surface area (Å²) in [5.41, 5.74) is 0.666. The number of hydrogen-bond donors (Lipinski definition) is 2. The molecule has 8 nitrogen and oxygen atoms in total. The third-order valence-corrected chi connectivity index (χ3v) is 4.16. The predicted molar refractivity (Wildman–Crippen MR) is 95.6 cm³/mol. The van der Waals surface area contributed by atoms with E-state index in [9.17, 15) is 14.0 Å². The number of hydrogen-bond acceptors (Lipinski definition) is 4. The molecule has 0 aliphatic heterocycles. The normalized spacial score (nSPS) is 10.8. The van der Waals surface area contributed by atoms with Crippen LogP contribution in [0.3, 0.4) is 0 Å². The van der Waals surface area contributed by atoms with Crippen molar-refractivity contribution in [1.82, 2.24) is 19.6 Å². The molecule has 27 heavy (non-hydrogen) atoms. The van der Waals surface area contributed by atoms with Gasteiger partial charge in [-0.1, -0.05) is 29.3 Å². The quantitative estimate of drug-likeness (QED) is 0.648. The first-order chi connectivity index (χ1) is 12.8. The summed E-state index contributed by atoms with van der Waals surface area (Å²) in [5, 5.41) is 19.7. The predicted octanol–water partition coefficient (Wildman–Crippen LogP) is 2.91. The minimum atomic E-state index is -1.13. The zero-order valence-electron chi connectivity index (χ0n) is 13.6. The fourth-order valence-electron chi connectivity index (χ4n) is 2.34. The number of anilines is 1. The average molecular weight is 412 g/mol. The van der Waals surface area contributed by atoms with Crippen molar-refractivity contribution in [1.29, 1.82) is 0 Å². The molecular formula is C16H12Cl2FN5O3. The van der Waals surface area contributed by atoms with Crippen LogP contribution in [0.1, 0.15) is 16.1 Å². The Hall–Kier alpha value is -2.91. The van der Waals surface area contributed by atoms with E-state index < -0.39 is 24.2 Å². The van der Waals surface area contributed by atoms with E-state index in [0.717, 1.165) is 4.68 Å². The Labute approximate surface area is 162 Å². The lowest BCUT2D eigenvalue weighted by Crippen LogP contribution is -2.21. The lowest BCUT2D eigenvalue weighted by molar-refractivity contribution is -0.137. The number of rotatable bonds is 6. The zero-order chi connectivity index (χ0) is 19.6. The van der Waals surface area contributed by atoms with Gasteiger partial charge in [0.15, 0.2) is 5.82 Å². The van der Waals surface area contributed by atoms with Gasteiger partial charge in [-0.3, -0.25) is 14.3 Å². The summed E-state index contributed by atoms with van der Waals surface area (Å²) in [6.45, 7) is -0.243. The molecule has 140 valence electrons. The van der Waals surface area contributed by atoms with Gasteiger partial charge in [-0.2, -0.15) is 10.2 Å². The monoisotopic (exact) mass is 411 g/mol. The molecule has 2 N–H and O–H groups in total. The van der Waals surface area contributed by atoms with Gasteiger partial charge in [-0.15, -0.1) is 0 Å². The second-order valence-corrected chi connectivity index (χ2v) is 6.30. The fraction of sp³-hybridized carbons (Fsp3) is 0.125. The largest absolute Gasteiger partial charge is 0.480 e. The van der Waals surface area contributed by atoms with Gasteiger partial charge >= 0.3 is 5.97 Å². The van der Waals surface area contributed by atoms with Crippen molar-refractivity contribution < 1.29 is 19.1 Å². The highest BCUT2D eigenvalue weighted by atomic mass is 35.5. The molecule has 0 bridgehead atoms. The average Bonchev–Trinajstić information content (AvgIpc) is 3.16. The van der Waals surface area contributed by atoms with E-state index in [0.29, 0.717) is 5.56 Å². The van der Waals surface area contributed by atoms with Crippen LogP contribution >= 0.6 is 23.2 Å². The summed E-state index contributed by atoms with van der Waals surface area (Å²) >= 11 is 12.1. The highest BCUT2D eigenvalue weighted by Gasteiger charge is 2.17. The van der Waals surface area contributed by atoms with Gasteiger partial charge in [-0.05, 0) is 23.8 Å². The summed E-state index contributed by atoms with van der Waals surface area (Å²) in [7, 11) is 0. The maximum atomic E-state index is 13.1. The number of carboxylic acids is 1. The number of aliphatic carboxylic acids is 1. The molecule has 0 saturated heterocycles. The minimum Gasteiger partial charge on any atom is -0.480 e. The first-order valence-corrected chi connectivity index (χ1v) is 8.31. The van der Waals surface area contributed by atoms with E-state index in [1.165, 1.54) is 41.3 Å². The van der Waals surface area contributed by atoms with Crippen molar-refractivity contribution >= 4 is 40.9 Å². The van der Waals surface area contributed by atoms with Crippen LogP contribution in [0.25, 0.3) is 0 Å². The minimum absolute atomic E-state index is 0.0459. The van der Waals surface area contributed by atoms with Gasteiger partial charge in [0, 0.05) is 17.4 Å². The Morgan fingerprint density at radius 3 is 2.70 bits per heavy atom. The van der Waals surface area contributed by atoms with Crippen molar-refractivity contribution in [2.45, 2.75) is 13.1 Å². The summed E-state index contributed by atoms with van der Waals surface area (Å²) in [6, 6.07) is 5.37. The molecule has 1 aromatic carbocycles. The van der Waals surface area contributed by atoms with Crippen LogP contribution in [0.5, 0.6) is 0 Å². The second kappa shape index (κ2) is 7.77. The van der Waals surface area contributed by atoms with Gasteiger partial charge in [0.25, 0.3) is 5.91 Å². The Balaban J connectivity index is 1.76. The van der Waals surface area contributed by atoms with Crippen LogP contribution in [0.4, 0.5) is 10.2 Å². The number of amides is 1. The standard InChI is InChI=1S/C16H12Cl2FN5O3/c17-11-5-10(19)2-1-9(11)6-23-7-12(18)15(22-23)21-16(27)13-3-4-20-24(13)8-14(25)26/h1-5,7H,6,8H2,(H,25,26)(H,21,22,27). The topological polar surface area (TPSA) is 102 Å². The molecule has 0 unspecified atom stereocenters. The van der Waals surface area contributed by atoms with Crippen LogP contribution in [-0.4, -0.2) is 36.5 Å². The molecule has 0 radical (unpaired) electrons. The number of nitrogens with zero attached hydrogens (tertiary/aromatic N) is 4. The maximum Gasteiger partial charge on any atom is 0.325 e. The number of halogens is 3. The third kappa shape index (κ3) is 4.44. The van der Waals surface area contributed by atoms with Crippen LogP contribution in [0, 0.1) is 5.82 Å². The Morgan fingerprint density at radius 1 is 1.22 bits per heavy atom. The van der Waals surface area contributed by atoms with Crippen molar-refractivity contribution in [3.05, 3.63) is 63.8 Å². The van der Waals surface area contributed by atoms with Gasteiger partial charge in [0.05, 0.1) is 6.54 Å². The Kier molecular flexibility index (Phi) is 5.43. The highest BCUT2D eigenvalue weighted by molar-refractivity contribution is 6.33. The van der Waals surface area contributed by atoms with Crippen LogP contribution in [-0.2, 0) is 17.9 Å². The molecule has 0 aliphatic rings. The number of carbonyl (C=O) groups is 2. The molecule has 0 aliphatic carbocycles. The van der Waals surface area contributed by atoms with E-state index in [2.05, 4.69) is 15.5 Å². The van der Waals surface area contributed by atoms with Crippen molar-refractivity contribution in [2.75, 3.05) is 5.32 Å². The Morgan fingerprint density at radius 2 is 2.00 bits per heavy atom. The number of carboxylic acid groups (broad SMARTS) is 1. The Bertz CT molecular complexity index is 1020. The van der Waals surface area contributed by atoms with E-state index in [1.807, 2.05) is 0 Å². The molecule has 0 fully saturated rings. The number of carbonyl (C=O) groups excluding carboxylic acids is 1. The van der Waals surface area contributed by atoms with Crippen LogP contribution in [0.15, 0.2) is 36.7 Å². The molecular weight excluding hydrogens is 400 g/mol. The van der Waals surface area contributed by atoms with E-state index in [-0.39, 0.29) is 28.1 Å². The summed E-state index contributed by atoms with van der Waals surface area (Å²) < 4.78 is 15.6. The molecule has 2 heterocycles. The summed E-state index contributed by atoms with van der Waals surface area (Å²) in [6.07, 6.45) is 2.79. The number of nitrogens with one attached hydrogen (secondary N) is 1. The highest BCUT2D eigenvalue weighted by Crippen LogP contribution is 2.23. The van der Waals surface area contributed by atoms with Gasteiger partial charge in [0.2, 0.25) is 0 Å². The van der Waals surface area contributed by atoms with Gasteiger partial charge in [0.1, 0.15) is 23.1 Å². The van der Waals surface area contributed by atoms with Crippen molar-refractivity contribution in [3.8, 4) is 0 Å². The molecule has 2 aromatic heterocycles. The molecule has 3 aromatic rings. The molecule has 0 spiro atoms. The summed E-state index contributed by atoms with van der Waals surface area (Å²) in [5.74, 6) is -2.11. The molecule has 11 heteroatoms. The van der Waals surface area contributed by atoms with Gasteiger partial charge < -0.3 is 10.4 Å². The lowest BCUT2D eigenvalue weighted by Gasteiger charge is -2.06. The number of aromatic nitrogens is 4. The van der Waals surface area contributed by atoms with E-state index in [1.54, 1.807) is 0 Å². The van der Waals surface area contributed by atoms with E-state index >= 15 is 0 Å². The van der Waals surface area contributed by atoms with Crippen molar-refractivity contribution in [3.63, 3.8) is 0 Å². The molecule has 0 saturated carbocycles. The molecule has 1 amide bonds. The van der Waals surface area contributed by atoms with Crippen LogP contribution < -0.4 is 5.32 Å². The molecule has 3 rings (SSSR count). The van der Waals surface area contributed by atoms with Gasteiger partial charge in [-0.25, -0.2) is 9.07 Å². The number of benzene rings is 1. The van der Waals surface area contributed by atoms with E-state index in [4.69, 9.17) is 28.3 Å². The zero-order valence-corrected chi connectivity index (χ0v) is 15.1. The first-order valence-electron chi connectivity index (χ1n) is 7.55. The smallest absolute Gasteiger partial charge is 0.325 e. The maximum absolute atomic E-state index is 13.1.